The maximum Gasteiger partial charge on any atom is 0.418 e. The topological polar surface area (TPSA) is 12.0 Å². The molecule has 0 aliphatic rings. The molecular weight excluding hydrogens is 457 g/mol. The van der Waals surface area contributed by atoms with Gasteiger partial charge >= 0.3 is 6.18 Å². The molecule has 7 heteroatoms. The van der Waals surface area contributed by atoms with Gasteiger partial charge in [0.05, 0.1) is 11.3 Å². The first-order valence-corrected chi connectivity index (χ1v) is 11.4. The largest absolute Gasteiger partial charge is 0.418 e. The lowest BCUT2D eigenvalue weighted by atomic mass is 10.1. The Balaban J connectivity index is 1.98. The van der Waals surface area contributed by atoms with Gasteiger partial charge < -0.3 is 5.32 Å². The number of halogens is 5. The van der Waals surface area contributed by atoms with E-state index in [-0.39, 0.29) is 11.0 Å². The van der Waals surface area contributed by atoms with Crippen molar-refractivity contribution in [3.63, 3.8) is 0 Å². The maximum atomic E-state index is 14.6. The van der Waals surface area contributed by atoms with Crippen LogP contribution in [0.1, 0.15) is 5.56 Å². The van der Waals surface area contributed by atoms with Crippen molar-refractivity contribution in [1.82, 2.24) is 0 Å². The summed E-state index contributed by atoms with van der Waals surface area (Å²) >= 11 is 5.93. The van der Waals surface area contributed by atoms with E-state index in [0.717, 1.165) is 10.6 Å². The van der Waals surface area contributed by atoms with Crippen LogP contribution >= 0.6 is 19.5 Å². The number of alkyl halides is 3. The molecule has 0 aliphatic carbocycles. The summed E-state index contributed by atoms with van der Waals surface area (Å²) in [6, 6.07) is 26.4. The zero-order valence-electron chi connectivity index (χ0n) is 16.6. The average molecular weight is 474 g/mol. The van der Waals surface area contributed by atoms with Crippen molar-refractivity contribution < 1.29 is 17.6 Å². The predicted octanol–water partition coefficient (Wildman–Crippen LogP) is 7.00. The first kappa shape index (κ1) is 22.3. The number of benzene rings is 4. The molecule has 0 unspecified atom stereocenters. The van der Waals surface area contributed by atoms with Gasteiger partial charge in [0.2, 0.25) is 0 Å². The van der Waals surface area contributed by atoms with E-state index < -0.39 is 25.5 Å². The van der Waals surface area contributed by atoms with Crippen LogP contribution in [0.15, 0.2) is 97.1 Å². The molecule has 0 heterocycles. The third kappa shape index (κ3) is 4.95. The van der Waals surface area contributed by atoms with Crippen LogP contribution in [0.25, 0.3) is 0 Å². The number of nitrogens with one attached hydrogen (secondary N) is 1. The predicted molar refractivity (Wildman–Crippen MR) is 125 cm³/mol. The molecule has 4 rings (SSSR count). The molecule has 4 aromatic carbocycles. The number of hydrogen-bond acceptors (Lipinski definition) is 1. The molecule has 4 aromatic rings. The van der Waals surface area contributed by atoms with E-state index in [9.17, 15) is 17.6 Å². The summed E-state index contributed by atoms with van der Waals surface area (Å²) in [5.74, 6) is -0.937. The molecular formula is C25H17ClF4NP. The van der Waals surface area contributed by atoms with Gasteiger partial charge in [-0.2, -0.15) is 13.2 Å². The van der Waals surface area contributed by atoms with Crippen molar-refractivity contribution in [3.8, 4) is 0 Å². The molecule has 0 bridgehead atoms. The van der Waals surface area contributed by atoms with Crippen LogP contribution in [0.5, 0.6) is 0 Å². The Hall–Kier alpha value is -2.88. The molecule has 0 aliphatic heterocycles. The summed E-state index contributed by atoms with van der Waals surface area (Å²) in [5, 5.41) is 5.23. The minimum Gasteiger partial charge on any atom is -0.354 e. The van der Waals surface area contributed by atoms with Gasteiger partial charge in [-0.3, -0.25) is 0 Å². The molecule has 0 atom stereocenters. The summed E-state index contributed by atoms with van der Waals surface area (Å²) in [5.41, 5.74) is -0.800. The van der Waals surface area contributed by atoms with Gasteiger partial charge in [-0.15, -0.1) is 0 Å². The van der Waals surface area contributed by atoms with Crippen molar-refractivity contribution in [2.24, 2.45) is 0 Å². The minimum atomic E-state index is -4.75. The quantitative estimate of drug-likeness (QED) is 0.243. The number of anilines is 2. The van der Waals surface area contributed by atoms with Gasteiger partial charge in [0.1, 0.15) is 5.82 Å². The molecule has 32 heavy (non-hydrogen) atoms. The van der Waals surface area contributed by atoms with Gasteiger partial charge in [0, 0.05) is 16.0 Å². The summed E-state index contributed by atoms with van der Waals surface area (Å²) in [4.78, 5) is 0. The fourth-order valence-electron chi connectivity index (χ4n) is 3.38. The van der Waals surface area contributed by atoms with E-state index in [1.54, 1.807) is 24.3 Å². The summed E-state index contributed by atoms with van der Waals surface area (Å²) < 4.78 is 56.7. The van der Waals surface area contributed by atoms with E-state index >= 15 is 0 Å². The number of rotatable bonds is 5. The number of hydrogen-bond donors (Lipinski definition) is 1. The van der Waals surface area contributed by atoms with Gasteiger partial charge in [0.15, 0.2) is 0 Å². The van der Waals surface area contributed by atoms with Crippen LogP contribution in [-0.2, 0) is 6.18 Å². The molecule has 0 radical (unpaired) electrons. The Kier molecular flexibility index (Phi) is 6.50. The average Bonchev–Trinajstić information content (AvgIpc) is 2.78. The van der Waals surface area contributed by atoms with Gasteiger partial charge in [0.25, 0.3) is 0 Å². The SMILES string of the molecule is Fc1cc(P(c2ccccc2)c2ccccc2)c(Nc2ccc(Cl)cc2)c(C(F)(F)F)c1. The third-order valence-corrected chi connectivity index (χ3v) is 7.49. The van der Waals surface area contributed by atoms with Gasteiger partial charge in [-0.25, -0.2) is 4.39 Å². The van der Waals surface area contributed by atoms with Crippen LogP contribution in [0.3, 0.4) is 0 Å². The lowest BCUT2D eigenvalue weighted by Crippen LogP contribution is -2.25. The second-order valence-corrected chi connectivity index (χ2v) is 9.61. The highest BCUT2D eigenvalue weighted by Crippen LogP contribution is 2.43. The lowest BCUT2D eigenvalue weighted by molar-refractivity contribution is -0.137. The van der Waals surface area contributed by atoms with Crippen molar-refractivity contribution in [1.29, 1.82) is 0 Å². The van der Waals surface area contributed by atoms with Gasteiger partial charge in [-0.05, 0) is 54.9 Å². The third-order valence-electron chi connectivity index (χ3n) is 4.77. The Bertz CT molecular complexity index is 1160. The molecule has 0 spiro atoms. The first-order valence-electron chi connectivity index (χ1n) is 9.66. The molecule has 0 aromatic heterocycles. The molecule has 162 valence electrons. The second kappa shape index (κ2) is 9.32. The van der Waals surface area contributed by atoms with Crippen LogP contribution in [0, 0.1) is 5.82 Å². The van der Waals surface area contributed by atoms with Crippen molar-refractivity contribution in [2.45, 2.75) is 6.18 Å². The normalized spacial score (nSPS) is 11.6. The van der Waals surface area contributed by atoms with E-state index in [1.807, 2.05) is 60.7 Å². The zero-order chi connectivity index (χ0) is 22.7. The first-order chi connectivity index (χ1) is 15.3. The Morgan fingerprint density at radius 3 is 1.75 bits per heavy atom. The van der Waals surface area contributed by atoms with E-state index in [0.29, 0.717) is 16.8 Å². The fraction of sp³-hybridized carbons (Fsp3) is 0.0400. The zero-order valence-corrected chi connectivity index (χ0v) is 18.2. The van der Waals surface area contributed by atoms with Gasteiger partial charge in [-0.1, -0.05) is 72.3 Å². The van der Waals surface area contributed by atoms with Crippen LogP contribution in [0.2, 0.25) is 5.02 Å². The van der Waals surface area contributed by atoms with E-state index in [4.69, 9.17) is 11.6 Å². The summed E-state index contributed by atoms with van der Waals surface area (Å²) in [6.07, 6.45) is -4.75. The Labute approximate surface area is 189 Å². The summed E-state index contributed by atoms with van der Waals surface area (Å²) in [6.45, 7) is 0. The standard InChI is InChI=1S/C25H17ClF4NP/c26-17-11-13-19(14-12-17)31-24-22(25(28,29)30)15-18(27)16-23(24)32(20-7-3-1-4-8-20)21-9-5-2-6-10-21/h1-16,31H. The lowest BCUT2D eigenvalue weighted by Gasteiger charge is -2.25. The van der Waals surface area contributed by atoms with Crippen LogP contribution < -0.4 is 21.2 Å². The summed E-state index contributed by atoms with van der Waals surface area (Å²) in [7, 11) is -1.48. The molecule has 1 nitrogen and oxygen atoms in total. The smallest absolute Gasteiger partial charge is 0.354 e. The van der Waals surface area contributed by atoms with Crippen molar-refractivity contribution in [3.05, 3.63) is 113 Å². The molecule has 0 amide bonds. The maximum absolute atomic E-state index is 14.6. The second-order valence-electron chi connectivity index (χ2n) is 6.98. The van der Waals surface area contributed by atoms with E-state index in [2.05, 4.69) is 5.32 Å². The molecule has 0 saturated heterocycles. The molecule has 0 saturated carbocycles. The molecule has 0 fully saturated rings. The highest BCUT2D eigenvalue weighted by atomic mass is 35.5. The van der Waals surface area contributed by atoms with E-state index in [1.165, 1.54) is 6.07 Å². The highest BCUT2D eigenvalue weighted by Gasteiger charge is 2.37. The fourth-order valence-corrected chi connectivity index (χ4v) is 5.96. The van der Waals surface area contributed by atoms with Crippen LogP contribution in [0.4, 0.5) is 28.9 Å². The highest BCUT2D eigenvalue weighted by molar-refractivity contribution is 7.80. The van der Waals surface area contributed by atoms with Crippen LogP contribution in [-0.4, -0.2) is 0 Å². The minimum absolute atomic E-state index is 0.167. The molecule has 1 N–H and O–H groups in total. The Morgan fingerprint density at radius 2 is 1.25 bits per heavy atom. The van der Waals surface area contributed by atoms with Crippen molar-refractivity contribution >= 4 is 46.8 Å². The Morgan fingerprint density at radius 1 is 0.719 bits per heavy atom. The monoisotopic (exact) mass is 473 g/mol. The van der Waals surface area contributed by atoms with Crippen molar-refractivity contribution in [2.75, 3.05) is 5.32 Å².